The van der Waals surface area contributed by atoms with E-state index in [-0.39, 0.29) is 5.78 Å². The SMILES string of the molecule is CCn1ncnc1CC(=O)Cc1ccc2ccccc2c1. The Bertz CT molecular complexity index is 776. The first kappa shape index (κ1) is 13.5. The molecule has 1 heterocycles. The Hall–Kier alpha value is -2.49. The van der Waals surface area contributed by atoms with Crippen molar-refractivity contribution >= 4 is 16.6 Å². The van der Waals surface area contributed by atoms with E-state index in [4.69, 9.17) is 0 Å². The Balaban J connectivity index is 1.74. The summed E-state index contributed by atoms with van der Waals surface area (Å²) in [5.74, 6) is 0.899. The number of carbonyl (C=O) groups excluding carboxylic acids is 1. The molecule has 0 saturated heterocycles. The molecule has 0 aliphatic carbocycles. The summed E-state index contributed by atoms with van der Waals surface area (Å²) < 4.78 is 1.76. The number of rotatable bonds is 5. The lowest BCUT2D eigenvalue weighted by molar-refractivity contribution is -0.117. The van der Waals surface area contributed by atoms with E-state index in [0.717, 1.165) is 17.9 Å². The van der Waals surface area contributed by atoms with Crippen molar-refractivity contribution in [2.75, 3.05) is 0 Å². The highest BCUT2D eigenvalue weighted by Crippen LogP contribution is 2.16. The second-order valence-electron chi connectivity index (χ2n) is 5.07. The van der Waals surface area contributed by atoms with Gasteiger partial charge in [-0.3, -0.25) is 4.79 Å². The maximum absolute atomic E-state index is 12.2. The van der Waals surface area contributed by atoms with Gasteiger partial charge in [0.25, 0.3) is 0 Å². The van der Waals surface area contributed by atoms with Crippen molar-refractivity contribution in [3.63, 3.8) is 0 Å². The van der Waals surface area contributed by atoms with Crippen molar-refractivity contribution in [3.8, 4) is 0 Å². The molecule has 3 rings (SSSR count). The van der Waals surface area contributed by atoms with Crippen LogP contribution in [0, 0.1) is 0 Å². The van der Waals surface area contributed by atoms with Gasteiger partial charge >= 0.3 is 0 Å². The molecular formula is C17H17N3O. The van der Waals surface area contributed by atoms with Crippen LogP contribution in [0.1, 0.15) is 18.3 Å². The molecule has 1 aromatic heterocycles. The van der Waals surface area contributed by atoms with Crippen LogP contribution in [0.3, 0.4) is 0 Å². The van der Waals surface area contributed by atoms with E-state index in [2.05, 4.69) is 34.3 Å². The molecule has 0 aliphatic heterocycles. The Labute approximate surface area is 123 Å². The van der Waals surface area contributed by atoms with Gasteiger partial charge in [-0.25, -0.2) is 9.67 Å². The number of hydrogen-bond acceptors (Lipinski definition) is 3. The third-order valence-electron chi connectivity index (χ3n) is 3.57. The second kappa shape index (κ2) is 5.87. The van der Waals surface area contributed by atoms with E-state index >= 15 is 0 Å². The Morgan fingerprint density at radius 2 is 1.90 bits per heavy atom. The van der Waals surface area contributed by atoms with Gasteiger partial charge < -0.3 is 0 Å². The van der Waals surface area contributed by atoms with Gasteiger partial charge in [-0.05, 0) is 23.3 Å². The molecule has 0 atom stereocenters. The van der Waals surface area contributed by atoms with E-state index in [1.54, 1.807) is 4.68 Å². The van der Waals surface area contributed by atoms with Gasteiger partial charge in [-0.1, -0.05) is 42.5 Å². The van der Waals surface area contributed by atoms with Gasteiger partial charge in [-0.2, -0.15) is 5.10 Å². The number of nitrogens with zero attached hydrogens (tertiary/aromatic N) is 3. The third-order valence-corrected chi connectivity index (χ3v) is 3.57. The predicted molar refractivity (Wildman–Crippen MR) is 82.1 cm³/mol. The van der Waals surface area contributed by atoms with Gasteiger partial charge in [-0.15, -0.1) is 0 Å². The van der Waals surface area contributed by atoms with Crippen molar-refractivity contribution in [3.05, 3.63) is 60.2 Å². The van der Waals surface area contributed by atoms with E-state index in [1.165, 1.54) is 17.1 Å². The molecule has 3 aromatic rings. The summed E-state index contributed by atoms with van der Waals surface area (Å²) >= 11 is 0. The standard InChI is InChI=1S/C17H17N3O/c1-2-20-17(18-12-19-20)11-16(21)10-13-7-8-14-5-3-4-6-15(14)9-13/h3-9,12H,2,10-11H2,1H3. The lowest BCUT2D eigenvalue weighted by atomic mass is 10.0. The summed E-state index contributed by atoms with van der Waals surface area (Å²) in [6, 6.07) is 14.3. The van der Waals surface area contributed by atoms with Crippen LogP contribution in [0.4, 0.5) is 0 Å². The Morgan fingerprint density at radius 3 is 2.71 bits per heavy atom. The van der Waals surface area contributed by atoms with Gasteiger partial charge in [0.2, 0.25) is 0 Å². The summed E-state index contributed by atoms with van der Waals surface area (Å²) in [6.45, 7) is 2.73. The molecule has 0 amide bonds. The zero-order chi connectivity index (χ0) is 14.7. The minimum Gasteiger partial charge on any atom is -0.299 e. The van der Waals surface area contributed by atoms with Crippen molar-refractivity contribution in [1.29, 1.82) is 0 Å². The van der Waals surface area contributed by atoms with Crippen LogP contribution in [0.25, 0.3) is 10.8 Å². The second-order valence-corrected chi connectivity index (χ2v) is 5.07. The maximum atomic E-state index is 12.2. The largest absolute Gasteiger partial charge is 0.299 e. The van der Waals surface area contributed by atoms with Crippen molar-refractivity contribution in [2.24, 2.45) is 0 Å². The molecule has 0 unspecified atom stereocenters. The first-order valence-corrected chi connectivity index (χ1v) is 7.12. The average Bonchev–Trinajstić information content (AvgIpc) is 2.94. The van der Waals surface area contributed by atoms with Crippen LogP contribution < -0.4 is 0 Å². The van der Waals surface area contributed by atoms with Crippen LogP contribution in [-0.2, 0) is 24.2 Å². The maximum Gasteiger partial charge on any atom is 0.144 e. The predicted octanol–water partition coefficient (Wildman–Crippen LogP) is 2.81. The monoisotopic (exact) mass is 279 g/mol. The molecule has 0 radical (unpaired) electrons. The summed E-state index contributed by atoms with van der Waals surface area (Å²) in [7, 11) is 0. The third kappa shape index (κ3) is 2.99. The van der Waals surface area contributed by atoms with Crippen LogP contribution >= 0.6 is 0 Å². The highest BCUT2D eigenvalue weighted by atomic mass is 16.1. The molecule has 106 valence electrons. The number of fused-ring (bicyclic) bond motifs is 1. The first-order valence-electron chi connectivity index (χ1n) is 7.12. The van der Waals surface area contributed by atoms with E-state index < -0.39 is 0 Å². The Morgan fingerprint density at radius 1 is 1.10 bits per heavy atom. The highest BCUT2D eigenvalue weighted by Gasteiger charge is 2.10. The number of ketones is 1. The number of hydrogen-bond donors (Lipinski definition) is 0. The lowest BCUT2D eigenvalue weighted by Gasteiger charge is -2.04. The number of aryl methyl sites for hydroxylation is 1. The van der Waals surface area contributed by atoms with Crippen molar-refractivity contribution in [2.45, 2.75) is 26.3 Å². The van der Waals surface area contributed by atoms with E-state index in [1.807, 2.05) is 25.1 Å². The number of carbonyl (C=O) groups is 1. The number of Topliss-reactive ketones (excluding diaryl/α,β-unsaturated/α-hetero) is 1. The van der Waals surface area contributed by atoms with Crippen LogP contribution in [0.5, 0.6) is 0 Å². The van der Waals surface area contributed by atoms with Gasteiger partial charge in [0.15, 0.2) is 0 Å². The summed E-state index contributed by atoms with van der Waals surface area (Å²) in [4.78, 5) is 16.4. The smallest absolute Gasteiger partial charge is 0.144 e. The minimum absolute atomic E-state index is 0.160. The molecule has 4 nitrogen and oxygen atoms in total. The first-order chi connectivity index (χ1) is 10.3. The average molecular weight is 279 g/mol. The fraction of sp³-hybridized carbons (Fsp3) is 0.235. The van der Waals surface area contributed by atoms with Crippen LogP contribution in [-0.4, -0.2) is 20.5 Å². The highest BCUT2D eigenvalue weighted by molar-refractivity contribution is 5.86. The van der Waals surface area contributed by atoms with Crippen LogP contribution in [0.2, 0.25) is 0 Å². The molecule has 0 N–H and O–H groups in total. The van der Waals surface area contributed by atoms with E-state index in [9.17, 15) is 4.79 Å². The molecule has 21 heavy (non-hydrogen) atoms. The molecule has 0 spiro atoms. The Kier molecular flexibility index (Phi) is 3.77. The quantitative estimate of drug-likeness (QED) is 0.721. The van der Waals surface area contributed by atoms with Gasteiger partial charge in [0, 0.05) is 13.0 Å². The molecular weight excluding hydrogens is 262 g/mol. The molecule has 0 saturated carbocycles. The minimum atomic E-state index is 0.160. The molecule has 0 aliphatic rings. The zero-order valence-corrected chi connectivity index (χ0v) is 12.0. The summed E-state index contributed by atoms with van der Waals surface area (Å²) in [5.41, 5.74) is 1.04. The van der Waals surface area contributed by atoms with E-state index in [0.29, 0.717) is 12.8 Å². The summed E-state index contributed by atoms with van der Waals surface area (Å²) in [5, 5.41) is 6.45. The molecule has 0 fully saturated rings. The molecule has 0 bridgehead atoms. The lowest BCUT2D eigenvalue weighted by Crippen LogP contribution is -2.12. The fourth-order valence-corrected chi connectivity index (χ4v) is 2.50. The van der Waals surface area contributed by atoms with Crippen molar-refractivity contribution < 1.29 is 4.79 Å². The van der Waals surface area contributed by atoms with Crippen LogP contribution in [0.15, 0.2) is 48.8 Å². The fourth-order valence-electron chi connectivity index (χ4n) is 2.50. The topological polar surface area (TPSA) is 47.8 Å². The zero-order valence-electron chi connectivity index (χ0n) is 12.0. The van der Waals surface area contributed by atoms with Crippen molar-refractivity contribution in [1.82, 2.24) is 14.8 Å². The number of benzene rings is 2. The summed E-state index contributed by atoms with van der Waals surface area (Å²) in [6.07, 6.45) is 2.27. The van der Waals surface area contributed by atoms with Gasteiger partial charge in [0.1, 0.15) is 17.9 Å². The molecule has 4 heteroatoms. The molecule has 2 aromatic carbocycles. The normalized spacial score (nSPS) is 10.9. The number of aromatic nitrogens is 3. The van der Waals surface area contributed by atoms with Gasteiger partial charge in [0.05, 0.1) is 6.42 Å².